The third kappa shape index (κ3) is 2.40. The van der Waals surface area contributed by atoms with E-state index in [1.54, 1.807) is 27.5 Å². The van der Waals surface area contributed by atoms with Gasteiger partial charge in [0.15, 0.2) is 0 Å². The van der Waals surface area contributed by atoms with Crippen LogP contribution in [0.5, 0.6) is 0 Å². The van der Waals surface area contributed by atoms with Gasteiger partial charge in [-0.3, -0.25) is 0 Å². The predicted octanol–water partition coefficient (Wildman–Crippen LogP) is 1.13. The molecule has 1 aromatic heterocycles. The van der Waals surface area contributed by atoms with Crippen LogP contribution in [0.3, 0.4) is 0 Å². The molecule has 5 heteroatoms. The Morgan fingerprint density at radius 1 is 1.21 bits per heavy atom. The van der Waals surface area contributed by atoms with Gasteiger partial charge in [-0.15, -0.1) is 0 Å². The van der Waals surface area contributed by atoms with Crippen molar-refractivity contribution < 1.29 is 32.3 Å². The van der Waals surface area contributed by atoms with Crippen molar-refractivity contribution in [2.45, 2.75) is 4.09 Å². The molecule has 0 saturated heterocycles. The van der Waals surface area contributed by atoms with E-state index < -0.39 is 23.6 Å². The Kier molecular flexibility index (Phi) is 4.71. The van der Waals surface area contributed by atoms with E-state index in [4.69, 9.17) is 12.8 Å². The number of aromatic nitrogens is 1. The van der Waals surface area contributed by atoms with Gasteiger partial charge < -0.3 is 0 Å². The van der Waals surface area contributed by atoms with Gasteiger partial charge in [0.2, 0.25) is 0 Å². The monoisotopic (exact) mass is 231 g/mol. The van der Waals surface area contributed by atoms with E-state index in [1.165, 1.54) is 0 Å². The zero-order chi connectivity index (χ0) is 10.4. The average molecular weight is 231 g/mol. The third-order valence-corrected chi connectivity index (χ3v) is 3.59. The summed E-state index contributed by atoms with van der Waals surface area (Å²) in [4.78, 5) is 4.21. The molecule has 0 saturated carbocycles. The molecule has 0 unspecified atom stereocenters. The Bertz CT molecular complexity index is 264. The van der Waals surface area contributed by atoms with Crippen LogP contribution in [0.15, 0.2) is 24.4 Å². The number of pyridine rings is 1. The first-order valence-corrected chi connectivity index (χ1v) is 5.53. The molecule has 76 valence electrons. The fourth-order valence-corrected chi connectivity index (χ4v) is 2.19. The summed E-state index contributed by atoms with van der Waals surface area (Å²) >= 11 is -0.849. The predicted molar refractivity (Wildman–Crippen MR) is 46.9 cm³/mol. The van der Waals surface area contributed by atoms with Crippen LogP contribution in [-0.2, 0) is 36.4 Å². The quantitative estimate of drug-likeness (QED) is 0.562. The van der Waals surface area contributed by atoms with Crippen molar-refractivity contribution in [3.8, 4) is 0 Å². The summed E-state index contributed by atoms with van der Waals surface area (Å²) in [5.41, 5.74) is 0.756. The fourth-order valence-electron chi connectivity index (χ4n) is 1.12. The standard InChI is InChI=1S/C8H10NO2.CH3O.Ti/c1-10-8(11-2)7-5-3-4-6-9-7;1-2;/h3-6H,1-2H3;1H3;/q;-1;+1. The topological polar surface area (TPSA) is 40.6 Å². The molecule has 0 atom stereocenters. The Labute approximate surface area is 93.0 Å². The summed E-state index contributed by atoms with van der Waals surface area (Å²) < 4.78 is 15.1. The first-order chi connectivity index (χ1) is 6.79. The molecular weight excluding hydrogens is 218 g/mol. The van der Waals surface area contributed by atoms with Crippen molar-refractivity contribution in [3.63, 3.8) is 0 Å². The normalized spacial score (nSPS) is 11.4. The van der Waals surface area contributed by atoms with Crippen molar-refractivity contribution in [1.82, 2.24) is 4.98 Å². The average Bonchev–Trinajstić information content (AvgIpc) is 2.27. The molecule has 0 aliphatic carbocycles. The molecular formula is C9H13NO3Ti. The molecule has 0 N–H and O–H groups in total. The van der Waals surface area contributed by atoms with Crippen LogP contribution in [-0.4, -0.2) is 26.3 Å². The molecule has 0 spiro atoms. The minimum atomic E-state index is -0.849. The summed E-state index contributed by atoms with van der Waals surface area (Å²) in [6, 6.07) is 5.62. The second kappa shape index (κ2) is 5.58. The molecule has 14 heavy (non-hydrogen) atoms. The van der Waals surface area contributed by atoms with Crippen LogP contribution in [0.4, 0.5) is 0 Å². The molecule has 0 aliphatic rings. The van der Waals surface area contributed by atoms with Gasteiger partial charge in [0.25, 0.3) is 0 Å². The molecule has 1 heterocycles. The van der Waals surface area contributed by atoms with Gasteiger partial charge in [-0.1, -0.05) is 0 Å². The van der Waals surface area contributed by atoms with Crippen LogP contribution in [0, 0.1) is 0 Å². The van der Waals surface area contributed by atoms with Crippen LogP contribution in [0.25, 0.3) is 0 Å². The molecule has 0 fully saturated rings. The Hall–Kier alpha value is -0.256. The number of nitrogens with zero attached hydrogens (tertiary/aromatic N) is 1. The zero-order valence-electron chi connectivity index (χ0n) is 8.48. The van der Waals surface area contributed by atoms with E-state index in [0.717, 1.165) is 5.69 Å². The molecule has 1 aromatic rings. The van der Waals surface area contributed by atoms with Crippen LogP contribution in [0.1, 0.15) is 5.69 Å². The van der Waals surface area contributed by atoms with E-state index in [9.17, 15) is 0 Å². The molecule has 1 rings (SSSR count). The van der Waals surface area contributed by atoms with Crippen molar-refractivity contribution in [1.29, 1.82) is 0 Å². The van der Waals surface area contributed by atoms with E-state index in [-0.39, 0.29) is 0 Å². The molecule has 0 amide bonds. The SMILES string of the molecule is C[O][Ti][C](OC)(OC)c1ccccn1. The van der Waals surface area contributed by atoms with Crippen molar-refractivity contribution in [2.75, 3.05) is 21.3 Å². The molecule has 0 bridgehead atoms. The molecule has 0 aliphatic heterocycles. The number of ether oxygens (including phenoxy) is 2. The summed E-state index contributed by atoms with van der Waals surface area (Å²) in [5, 5.41) is 0. The van der Waals surface area contributed by atoms with Gasteiger partial charge in [-0.25, -0.2) is 0 Å². The van der Waals surface area contributed by atoms with E-state index in [0.29, 0.717) is 0 Å². The maximum absolute atomic E-state index is 5.36. The van der Waals surface area contributed by atoms with E-state index in [1.807, 2.05) is 18.2 Å². The fraction of sp³-hybridized carbons (Fsp3) is 0.444. The van der Waals surface area contributed by atoms with Crippen LogP contribution >= 0.6 is 0 Å². The first kappa shape index (κ1) is 11.8. The van der Waals surface area contributed by atoms with Gasteiger partial charge in [-0.05, 0) is 0 Å². The van der Waals surface area contributed by atoms with Gasteiger partial charge in [-0.2, -0.15) is 0 Å². The minimum absolute atomic E-state index is 0.756. The van der Waals surface area contributed by atoms with Crippen molar-refractivity contribution >= 4 is 0 Å². The molecule has 0 aromatic carbocycles. The summed E-state index contributed by atoms with van der Waals surface area (Å²) in [6.07, 6.45) is 1.71. The van der Waals surface area contributed by atoms with Gasteiger partial charge in [0, 0.05) is 0 Å². The van der Waals surface area contributed by atoms with E-state index >= 15 is 0 Å². The first-order valence-electron chi connectivity index (χ1n) is 4.11. The van der Waals surface area contributed by atoms with Crippen LogP contribution < -0.4 is 0 Å². The van der Waals surface area contributed by atoms with Gasteiger partial charge in [0.05, 0.1) is 0 Å². The Balaban J connectivity index is 2.98. The van der Waals surface area contributed by atoms with Crippen molar-refractivity contribution in [3.05, 3.63) is 30.1 Å². The summed E-state index contributed by atoms with van der Waals surface area (Å²) in [6.45, 7) is 0. The second-order valence-electron chi connectivity index (χ2n) is 2.55. The van der Waals surface area contributed by atoms with Gasteiger partial charge in [0.1, 0.15) is 0 Å². The number of methoxy groups -OCH3 is 2. The maximum atomic E-state index is 5.36. The molecule has 0 radical (unpaired) electrons. The Morgan fingerprint density at radius 3 is 2.36 bits per heavy atom. The zero-order valence-corrected chi connectivity index (χ0v) is 10.0. The van der Waals surface area contributed by atoms with E-state index in [2.05, 4.69) is 4.98 Å². The Morgan fingerprint density at radius 2 is 1.93 bits per heavy atom. The van der Waals surface area contributed by atoms with Gasteiger partial charge >= 0.3 is 92.8 Å². The summed E-state index contributed by atoms with van der Waals surface area (Å²) in [7, 11) is 4.84. The second-order valence-corrected chi connectivity index (χ2v) is 4.53. The number of hydrogen-bond acceptors (Lipinski definition) is 4. The third-order valence-electron chi connectivity index (χ3n) is 1.81. The van der Waals surface area contributed by atoms with Crippen molar-refractivity contribution in [2.24, 2.45) is 0 Å². The number of rotatable bonds is 5. The number of hydrogen-bond donors (Lipinski definition) is 0. The summed E-state index contributed by atoms with van der Waals surface area (Å²) in [5.74, 6) is 0. The van der Waals surface area contributed by atoms with Crippen LogP contribution in [0.2, 0.25) is 0 Å². The molecule has 4 nitrogen and oxygen atoms in total.